The van der Waals surface area contributed by atoms with Crippen molar-refractivity contribution in [2.24, 2.45) is 0 Å². The molecule has 0 spiro atoms. The lowest BCUT2D eigenvalue weighted by molar-refractivity contribution is 0.0945. The summed E-state index contributed by atoms with van der Waals surface area (Å²) in [4.78, 5) is 21.7. The molecule has 1 N–H and O–H groups in total. The van der Waals surface area contributed by atoms with E-state index in [2.05, 4.69) is 27.0 Å². The number of aromatic nitrogens is 1. The van der Waals surface area contributed by atoms with E-state index in [0.717, 1.165) is 56.5 Å². The van der Waals surface area contributed by atoms with Gasteiger partial charge in [0.2, 0.25) is 0 Å². The molecule has 2 aromatic rings. The molecule has 0 unspecified atom stereocenters. The number of piperazine rings is 1. The molecule has 3 rings (SSSR count). The van der Waals surface area contributed by atoms with Crippen LogP contribution in [0.3, 0.4) is 0 Å². The number of carbonyl (C=O) groups is 1. The average Bonchev–Trinajstić information content (AvgIpc) is 2.68. The third-order valence-electron chi connectivity index (χ3n) is 4.90. The predicted octanol–water partition coefficient (Wildman–Crippen LogP) is 3.30. The molecule has 0 aliphatic carbocycles. The first-order valence-electron chi connectivity index (χ1n) is 9.05. The first kappa shape index (κ1) is 19.4. The van der Waals surface area contributed by atoms with Crippen molar-refractivity contribution in [2.45, 2.75) is 13.3 Å². The third kappa shape index (κ3) is 4.46. The Kier molecular flexibility index (Phi) is 6.70. The number of likely N-dealkylation sites (N-methyl/N-ethyl adjacent to an activating group) is 1. The minimum Gasteiger partial charge on any atom is -0.351 e. The van der Waals surface area contributed by atoms with Crippen molar-refractivity contribution in [3.05, 3.63) is 40.1 Å². The van der Waals surface area contributed by atoms with Crippen LogP contribution in [0, 0.1) is 0 Å². The van der Waals surface area contributed by atoms with Gasteiger partial charge in [0.15, 0.2) is 0 Å². The molecule has 1 aliphatic heterocycles. The number of hydrogen-bond acceptors (Lipinski definition) is 4. The fraction of sp³-hybridized carbons (Fsp3) is 0.474. The summed E-state index contributed by atoms with van der Waals surface area (Å²) in [7, 11) is 0. The van der Waals surface area contributed by atoms with Crippen LogP contribution in [0.15, 0.2) is 24.4 Å². The molecule has 1 amide bonds. The lowest BCUT2D eigenvalue weighted by Gasteiger charge is -2.33. The zero-order valence-corrected chi connectivity index (χ0v) is 16.5. The van der Waals surface area contributed by atoms with Gasteiger partial charge in [0.1, 0.15) is 5.69 Å². The van der Waals surface area contributed by atoms with Gasteiger partial charge in [0.05, 0.1) is 10.0 Å². The van der Waals surface area contributed by atoms with Crippen molar-refractivity contribution in [2.75, 3.05) is 45.8 Å². The number of rotatable bonds is 6. The highest BCUT2D eigenvalue weighted by Crippen LogP contribution is 2.31. The first-order valence-corrected chi connectivity index (χ1v) is 9.81. The Hall–Kier alpha value is -1.40. The highest BCUT2D eigenvalue weighted by molar-refractivity contribution is 6.45. The van der Waals surface area contributed by atoms with Crippen LogP contribution in [-0.4, -0.2) is 66.5 Å². The number of nitrogens with zero attached hydrogens (tertiary/aromatic N) is 3. The van der Waals surface area contributed by atoms with Crippen LogP contribution < -0.4 is 5.32 Å². The predicted molar refractivity (Wildman–Crippen MR) is 107 cm³/mol. The third-order valence-corrected chi connectivity index (χ3v) is 5.72. The summed E-state index contributed by atoms with van der Waals surface area (Å²) in [5, 5.41) is 5.35. The quantitative estimate of drug-likeness (QED) is 0.763. The SMILES string of the molecule is CCN1CCN(CCCNC(=O)c2nccc3c(Cl)c(Cl)ccc23)CC1. The second kappa shape index (κ2) is 9.00. The Morgan fingerprint density at radius 1 is 1.12 bits per heavy atom. The maximum absolute atomic E-state index is 12.5. The van der Waals surface area contributed by atoms with E-state index in [1.807, 2.05) is 0 Å². The Balaban J connectivity index is 1.53. The number of halogens is 2. The second-order valence-electron chi connectivity index (χ2n) is 6.50. The molecule has 0 saturated carbocycles. The summed E-state index contributed by atoms with van der Waals surface area (Å²) in [6, 6.07) is 5.26. The first-order chi connectivity index (χ1) is 12.6. The Bertz CT molecular complexity index is 775. The molecule has 1 aliphatic rings. The molecule has 7 heteroatoms. The highest BCUT2D eigenvalue weighted by atomic mass is 35.5. The van der Waals surface area contributed by atoms with Crippen molar-refractivity contribution in [1.29, 1.82) is 0 Å². The summed E-state index contributed by atoms with van der Waals surface area (Å²) in [6.07, 6.45) is 2.52. The van der Waals surface area contributed by atoms with Crippen LogP contribution >= 0.6 is 23.2 Å². The molecule has 1 saturated heterocycles. The molecule has 2 heterocycles. The van der Waals surface area contributed by atoms with Crippen LogP contribution in [0.2, 0.25) is 10.0 Å². The monoisotopic (exact) mass is 394 g/mol. The molecular formula is C19H24Cl2N4O. The van der Waals surface area contributed by atoms with Gasteiger partial charge in [-0.05, 0) is 31.6 Å². The van der Waals surface area contributed by atoms with Crippen molar-refractivity contribution in [1.82, 2.24) is 20.1 Å². The van der Waals surface area contributed by atoms with Crippen LogP contribution in [0.25, 0.3) is 10.8 Å². The number of hydrogen-bond donors (Lipinski definition) is 1. The minimum atomic E-state index is -0.176. The summed E-state index contributed by atoms with van der Waals surface area (Å²) >= 11 is 12.3. The van der Waals surface area contributed by atoms with Crippen molar-refractivity contribution in [3.63, 3.8) is 0 Å². The van der Waals surface area contributed by atoms with Crippen molar-refractivity contribution >= 4 is 39.9 Å². The van der Waals surface area contributed by atoms with Crippen LogP contribution in [0.5, 0.6) is 0 Å². The van der Waals surface area contributed by atoms with E-state index in [4.69, 9.17) is 23.2 Å². The molecule has 1 aromatic heterocycles. The second-order valence-corrected chi connectivity index (χ2v) is 7.29. The number of fused-ring (bicyclic) bond motifs is 1. The Morgan fingerprint density at radius 3 is 2.58 bits per heavy atom. The number of carbonyl (C=O) groups excluding carboxylic acids is 1. The molecule has 0 atom stereocenters. The van der Waals surface area contributed by atoms with E-state index in [9.17, 15) is 4.79 Å². The van der Waals surface area contributed by atoms with Gasteiger partial charge in [-0.1, -0.05) is 36.2 Å². The van der Waals surface area contributed by atoms with Gasteiger partial charge in [-0.15, -0.1) is 0 Å². The molecular weight excluding hydrogens is 371 g/mol. The molecule has 1 fully saturated rings. The standard InChI is InChI=1S/C19H24Cl2N4O/c1-2-24-10-12-25(13-11-24)9-3-7-23-19(26)18-15-4-5-16(20)17(21)14(15)6-8-22-18/h4-6,8H,2-3,7,9-13H2,1H3,(H,23,26). The molecule has 26 heavy (non-hydrogen) atoms. The van der Waals surface area contributed by atoms with Crippen molar-refractivity contribution < 1.29 is 4.79 Å². The van der Waals surface area contributed by atoms with E-state index in [-0.39, 0.29) is 5.91 Å². The van der Waals surface area contributed by atoms with Gasteiger partial charge in [-0.3, -0.25) is 9.78 Å². The molecule has 0 bridgehead atoms. The summed E-state index contributed by atoms with van der Waals surface area (Å²) in [6.45, 7) is 9.43. The topological polar surface area (TPSA) is 48.5 Å². The number of pyridine rings is 1. The van der Waals surface area contributed by atoms with Gasteiger partial charge in [-0.2, -0.15) is 0 Å². The van der Waals surface area contributed by atoms with Crippen LogP contribution in [0.1, 0.15) is 23.8 Å². The molecule has 0 radical (unpaired) electrons. The maximum Gasteiger partial charge on any atom is 0.270 e. The van der Waals surface area contributed by atoms with Gasteiger partial charge in [-0.25, -0.2) is 0 Å². The zero-order valence-electron chi connectivity index (χ0n) is 15.0. The Labute approximate surface area is 164 Å². The van der Waals surface area contributed by atoms with E-state index >= 15 is 0 Å². The van der Waals surface area contributed by atoms with E-state index in [0.29, 0.717) is 22.3 Å². The van der Waals surface area contributed by atoms with Gasteiger partial charge in [0.25, 0.3) is 5.91 Å². The fourth-order valence-corrected chi connectivity index (χ4v) is 3.68. The lowest BCUT2D eigenvalue weighted by atomic mass is 10.1. The van der Waals surface area contributed by atoms with Crippen LogP contribution in [0.4, 0.5) is 0 Å². The normalized spacial score (nSPS) is 16.1. The number of nitrogens with one attached hydrogen (secondary N) is 1. The molecule has 5 nitrogen and oxygen atoms in total. The highest BCUT2D eigenvalue weighted by Gasteiger charge is 2.16. The lowest BCUT2D eigenvalue weighted by Crippen LogP contribution is -2.46. The average molecular weight is 395 g/mol. The minimum absolute atomic E-state index is 0.176. The summed E-state index contributed by atoms with van der Waals surface area (Å²) in [5.41, 5.74) is 0.387. The summed E-state index contributed by atoms with van der Waals surface area (Å²) < 4.78 is 0. The van der Waals surface area contributed by atoms with E-state index in [1.165, 1.54) is 0 Å². The summed E-state index contributed by atoms with van der Waals surface area (Å²) in [5.74, 6) is -0.176. The largest absolute Gasteiger partial charge is 0.351 e. The maximum atomic E-state index is 12.5. The Morgan fingerprint density at radius 2 is 1.85 bits per heavy atom. The molecule has 1 aromatic carbocycles. The van der Waals surface area contributed by atoms with Crippen molar-refractivity contribution in [3.8, 4) is 0 Å². The van der Waals surface area contributed by atoms with Gasteiger partial charge >= 0.3 is 0 Å². The molecule has 140 valence electrons. The zero-order chi connectivity index (χ0) is 18.5. The number of benzene rings is 1. The number of amides is 1. The van der Waals surface area contributed by atoms with Gasteiger partial charge < -0.3 is 15.1 Å². The van der Waals surface area contributed by atoms with Crippen LogP contribution in [-0.2, 0) is 0 Å². The van der Waals surface area contributed by atoms with Gasteiger partial charge in [0, 0.05) is 49.7 Å². The van der Waals surface area contributed by atoms with E-state index < -0.39 is 0 Å². The van der Waals surface area contributed by atoms with E-state index in [1.54, 1.807) is 24.4 Å². The fourth-order valence-electron chi connectivity index (χ4n) is 3.29. The smallest absolute Gasteiger partial charge is 0.270 e.